The molecule has 0 saturated heterocycles. The maximum Gasteiger partial charge on any atom is 0.203 e. The second-order valence-electron chi connectivity index (χ2n) is 13.4. The first kappa shape index (κ1) is 35.0. The van der Waals surface area contributed by atoms with Crippen molar-refractivity contribution in [2.24, 2.45) is 17.8 Å². The lowest BCUT2D eigenvalue weighted by Crippen LogP contribution is -2.01. The van der Waals surface area contributed by atoms with Crippen LogP contribution in [0.1, 0.15) is 83.8 Å². The molecule has 4 rings (SSSR count). The van der Waals surface area contributed by atoms with Crippen LogP contribution in [0, 0.1) is 17.8 Å². The Balaban J connectivity index is 1.56. The molecule has 0 saturated carbocycles. The molecule has 0 aliphatic heterocycles. The summed E-state index contributed by atoms with van der Waals surface area (Å²) < 4.78 is 23.2. The molecule has 0 bridgehead atoms. The summed E-state index contributed by atoms with van der Waals surface area (Å²) in [5, 5.41) is 13.4. The van der Waals surface area contributed by atoms with E-state index in [1.54, 1.807) is 21.3 Å². The van der Waals surface area contributed by atoms with Gasteiger partial charge in [0.05, 0.1) is 21.3 Å². The van der Waals surface area contributed by atoms with E-state index >= 15 is 0 Å². The molecule has 0 aliphatic carbocycles. The van der Waals surface area contributed by atoms with Crippen LogP contribution >= 0.6 is 0 Å². The van der Waals surface area contributed by atoms with Gasteiger partial charge in [-0.15, -0.1) is 0 Å². The van der Waals surface area contributed by atoms with Gasteiger partial charge in [-0.3, -0.25) is 0 Å². The summed E-state index contributed by atoms with van der Waals surface area (Å²) in [5.41, 5.74) is 3.85. The van der Waals surface area contributed by atoms with Crippen LogP contribution in [0.25, 0.3) is 21.9 Å². The van der Waals surface area contributed by atoms with Crippen molar-refractivity contribution < 1.29 is 24.1 Å². The van der Waals surface area contributed by atoms with Crippen molar-refractivity contribution in [2.75, 3.05) is 21.3 Å². The zero-order valence-electron chi connectivity index (χ0n) is 29.0. The largest absolute Gasteiger partial charge is 0.504 e. The number of aromatic hydroxyl groups is 1. The zero-order chi connectivity index (χ0) is 33.1. The van der Waals surface area contributed by atoms with Crippen LogP contribution in [0.2, 0.25) is 0 Å². The fraction of sp³-hybridized carbons (Fsp3) is 0.463. The summed E-state index contributed by atoms with van der Waals surface area (Å²) in [6, 6.07) is 22.2. The number of phenols is 1. The van der Waals surface area contributed by atoms with Crippen molar-refractivity contribution in [1.82, 2.24) is 0 Å². The second kappa shape index (κ2) is 17.2. The van der Waals surface area contributed by atoms with E-state index in [1.165, 1.54) is 44.1 Å². The molecule has 4 aromatic carbocycles. The Morgan fingerprint density at radius 2 is 1.26 bits per heavy atom. The van der Waals surface area contributed by atoms with E-state index in [-0.39, 0.29) is 5.75 Å². The van der Waals surface area contributed by atoms with Gasteiger partial charge in [-0.25, -0.2) is 0 Å². The molecule has 2 atom stereocenters. The molecule has 0 heterocycles. The maximum absolute atomic E-state index is 11.6. The Bertz CT molecular complexity index is 1500. The van der Waals surface area contributed by atoms with Crippen LogP contribution in [-0.4, -0.2) is 26.4 Å². The number of hydrogen-bond donors (Lipinski definition) is 1. The summed E-state index contributed by atoms with van der Waals surface area (Å²) in [4.78, 5) is 0. The van der Waals surface area contributed by atoms with Crippen LogP contribution in [0.3, 0.4) is 0 Å². The van der Waals surface area contributed by atoms with Crippen LogP contribution in [0.5, 0.6) is 28.7 Å². The van der Waals surface area contributed by atoms with Gasteiger partial charge in [0.2, 0.25) is 5.75 Å². The number of ether oxygens (including phenoxy) is 4. The minimum Gasteiger partial charge on any atom is -0.504 e. The zero-order valence-corrected chi connectivity index (χ0v) is 29.0. The topological polar surface area (TPSA) is 57.2 Å². The van der Waals surface area contributed by atoms with Gasteiger partial charge in [-0.05, 0) is 70.9 Å². The first-order valence-corrected chi connectivity index (χ1v) is 17.0. The van der Waals surface area contributed by atoms with Crippen molar-refractivity contribution >= 4 is 10.8 Å². The Hall–Kier alpha value is -3.86. The van der Waals surface area contributed by atoms with Gasteiger partial charge in [0, 0.05) is 10.9 Å². The highest BCUT2D eigenvalue weighted by molar-refractivity contribution is 5.97. The number of hydrogen-bond acceptors (Lipinski definition) is 5. The van der Waals surface area contributed by atoms with Crippen molar-refractivity contribution in [2.45, 2.75) is 85.7 Å². The molecular weight excluding hydrogens is 572 g/mol. The number of aryl methyl sites for hydroxylation is 1. The van der Waals surface area contributed by atoms with Crippen LogP contribution in [0.15, 0.2) is 66.7 Å². The monoisotopic (exact) mass is 626 g/mol. The van der Waals surface area contributed by atoms with Gasteiger partial charge < -0.3 is 24.1 Å². The lowest BCUT2D eigenvalue weighted by molar-refractivity contribution is 0.291. The van der Waals surface area contributed by atoms with Gasteiger partial charge in [-0.2, -0.15) is 0 Å². The number of rotatable bonds is 18. The fourth-order valence-corrected chi connectivity index (χ4v) is 6.29. The van der Waals surface area contributed by atoms with E-state index in [4.69, 9.17) is 18.9 Å². The third-order valence-corrected chi connectivity index (χ3v) is 9.13. The molecule has 5 heteroatoms. The molecule has 4 aromatic rings. The number of methoxy groups -OCH3 is 3. The molecule has 46 heavy (non-hydrogen) atoms. The Kier molecular flexibility index (Phi) is 13.1. The summed E-state index contributed by atoms with van der Waals surface area (Å²) in [6.45, 7) is 9.76. The highest BCUT2D eigenvalue weighted by atomic mass is 16.5. The molecule has 0 fully saturated rings. The van der Waals surface area contributed by atoms with Crippen LogP contribution in [0.4, 0.5) is 0 Å². The Labute approximate surface area is 276 Å². The highest BCUT2D eigenvalue weighted by Gasteiger charge is 2.21. The van der Waals surface area contributed by atoms with Gasteiger partial charge in [0.1, 0.15) is 6.61 Å². The van der Waals surface area contributed by atoms with E-state index in [9.17, 15) is 5.11 Å². The first-order valence-electron chi connectivity index (χ1n) is 17.0. The predicted molar refractivity (Wildman–Crippen MR) is 191 cm³/mol. The molecule has 0 aliphatic rings. The Morgan fingerprint density at radius 3 is 1.87 bits per heavy atom. The Morgan fingerprint density at radius 1 is 0.630 bits per heavy atom. The predicted octanol–water partition coefficient (Wildman–Crippen LogP) is 11.0. The smallest absolute Gasteiger partial charge is 0.203 e. The van der Waals surface area contributed by atoms with E-state index in [1.807, 2.05) is 48.5 Å². The fourth-order valence-electron chi connectivity index (χ4n) is 6.29. The molecule has 0 aromatic heterocycles. The lowest BCUT2D eigenvalue weighted by atomic mass is 9.91. The summed E-state index contributed by atoms with van der Waals surface area (Å²) in [6.07, 6.45) is 10.1. The van der Waals surface area contributed by atoms with Crippen LogP contribution < -0.4 is 18.9 Å². The highest BCUT2D eigenvalue weighted by Crippen LogP contribution is 2.48. The molecule has 1 N–H and O–H groups in total. The minimum absolute atomic E-state index is 0.125. The normalized spacial score (nSPS) is 12.7. The van der Waals surface area contributed by atoms with E-state index in [0.717, 1.165) is 52.1 Å². The average Bonchev–Trinajstić information content (AvgIpc) is 3.06. The standard InChI is InChI=1S/C41H54O5/c1-28(2)13-11-14-29(3)15-12-16-30(4)19-20-31-21-22-35-33(23-31)24-36(34-25-37(43-5)41(45-7)38(26-34)44-6)40(39(35)42)46-27-32-17-9-8-10-18-32/h8-10,17-18,21-26,28-30,42H,11-16,19-20,27H2,1-7H3. The molecule has 248 valence electrons. The number of phenolic OH excluding ortho intramolecular Hbond substituents is 1. The first-order chi connectivity index (χ1) is 22.2. The number of fused-ring (bicyclic) bond motifs is 1. The summed E-state index contributed by atoms with van der Waals surface area (Å²) in [5.74, 6) is 4.45. The SMILES string of the molecule is COc1cc(-c2cc3cc(CCC(C)CCCC(C)CCCC(C)C)ccc3c(O)c2OCc2ccccc2)cc(OC)c1OC. The third kappa shape index (κ3) is 9.34. The van der Waals surface area contributed by atoms with Gasteiger partial charge >= 0.3 is 0 Å². The second-order valence-corrected chi connectivity index (χ2v) is 13.4. The molecule has 0 radical (unpaired) electrons. The van der Waals surface area contributed by atoms with E-state index in [0.29, 0.717) is 35.5 Å². The average molecular weight is 627 g/mol. The number of benzene rings is 4. The lowest BCUT2D eigenvalue weighted by Gasteiger charge is -2.19. The van der Waals surface area contributed by atoms with Crippen LogP contribution in [-0.2, 0) is 13.0 Å². The van der Waals surface area contributed by atoms with Crippen molar-refractivity contribution in [3.05, 3.63) is 77.9 Å². The molecule has 0 amide bonds. The van der Waals surface area contributed by atoms with Crippen molar-refractivity contribution in [1.29, 1.82) is 0 Å². The third-order valence-electron chi connectivity index (χ3n) is 9.13. The van der Waals surface area contributed by atoms with Crippen molar-refractivity contribution in [3.63, 3.8) is 0 Å². The maximum atomic E-state index is 11.6. The van der Waals surface area contributed by atoms with E-state index < -0.39 is 0 Å². The van der Waals surface area contributed by atoms with Gasteiger partial charge in [0.15, 0.2) is 23.0 Å². The van der Waals surface area contributed by atoms with E-state index in [2.05, 4.69) is 45.9 Å². The minimum atomic E-state index is 0.125. The van der Waals surface area contributed by atoms with Gasteiger partial charge in [0.25, 0.3) is 0 Å². The molecule has 0 spiro atoms. The molecule has 2 unspecified atom stereocenters. The summed E-state index contributed by atoms with van der Waals surface area (Å²) in [7, 11) is 4.80. The molecule has 5 nitrogen and oxygen atoms in total. The van der Waals surface area contributed by atoms with Crippen molar-refractivity contribution in [3.8, 4) is 39.9 Å². The quantitative estimate of drug-likeness (QED) is 0.119. The summed E-state index contributed by atoms with van der Waals surface area (Å²) >= 11 is 0. The van der Waals surface area contributed by atoms with Gasteiger partial charge in [-0.1, -0.05) is 115 Å². The molecular formula is C41H54O5.